The molecule has 28 heavy (non-hydrogen) atoms. The molecule has 1 heterocycles. The molecule has 1 fully saturated rings. The number of ketones is 1. The number of hydrogen-bond donors (Lipinski definition) is 1. The molecule has 3 rings (SSSR count). The lowest BCUT2D eigenvalue weighted by molar-refractivity contribution is -0.130. The summed E-state index contributed by atoms with van der Waals surface area (Å²) >= 11 is 3.41. The largest absolute Gasteiger partial charge is 0.497 e. The maximum absolute atomic E-state index is 13.0. The van der Waals surface area contributed by atoms with Crippen LogP contribution in [-0.2, 0) is 10.3 Å². The number of ether oxygens (including phenoxy) is 2. The first-order chi connectivity index (χ1) is 13.3. The number of nitrogens with zero attached hydrogens (tertiary/aromatic N) is 1. The van der Waals surface area contributed by atoms with Crippen LogP contribution in [0.3, 0.4) is 0 Å². The van der Waals surface area contributed by atoms with Gasteiger partial charge in [-0.2, -0.15) is 0 Å². The van der Waals surface area contributed by atoms with Crippen LogP contribution in [0.2, 0.25) is 0 Å². The van der Waals surface area contributed by atoms with Gasteiger partial charge in [0.25, 0.3) is 5.91 Å². The number of hydrogen-bond acceptors (Lipinski definition) is 5. The van der Waals surface area contributed by atoms with Crippen molar-refractivity contribution in [1.82, 2.24) is 10.2 Å². The second-order valence-electron chi connectivity index (χ2n) is 6.42. The Morgan fingerprint density at radius 1 is 1.14 bits per heavy atom. The molecule has 1 saturated heterocycles. The van der Waals surface area contributed by atoms with E-state index in [-0.39, 0.29) is 5.56 Å². The van der Waals surface area contributed by atoms with Crippen LogP contribution in [0.1, 0.15) is 22.8 Å². The highest BCUT2D eigenvalue weighted by Crippen LogP contribution is 2.34. The number of halogens is 1. The first-order valence-corrected chi connectivity index (χ1v) is 9.25. The molecule has 2 aromatic carbocycles. The Hall–Kier alpha value is -2.87. The number of carbonyl (C=O) groups excluding carboxylic acids is 3. The minimum absolute atomic E-state index is 0.233. The Morgan fingerprint density at radius 3 is 2.50 bits per heavy atom. The molecule has 146 valence electrons. The summed E-state index contributed by atoms with van der Waals surface area (Å²) in [5, 5.41) is 2.69. The molecule has 0 aromatic heterocycles. The van der Waals surface area contributed by atoms with E-state index in [9.17, 15) is 14.4 Å². The van der Waals surface area contributed by atoms with Gasteiger partial charge < -0.3 is 14.8 Å². The maximum atomic E-state index is 13.0. The van der Waals surface area contributed by atoms with Crippen molar-refractivity contribution in [2.75, 3.05) is 20.8 Å². The van der Waals surface area contributed by atoms with Gasteiger partial charge in [-0.05, 0) is 31.2 Å². The lowest BCUT2D eigenvalue weighted by Crippen LogP contribution is -2.41. The second kappa shape index (κ2) is 7.63. The van der Waals surface area contributed by atoms with Crippen molar-refractivity contribution in [2.45, 2.75) is 12.5 Å². The number of benzene rings is 2. The Morgan fingerprint density at radius 2 is 1.86 bits per heavy atom. The van der Waals surface area contributed by atoms with Crippen molar-refractivity contribution in [3.63, 3.8) is 0 Å². The molecular weight excluding hydrogens is 428 g/mol. The van der Waals surface area contributed by atoms with E-state index in [0.717, 1.165) is 4.90 Å². The third-order valence-electron chi connectivity index (χ3n) is 4.70. The van der Waals surface area contributed by atoms with Crippen LogP contribution < -0.4 is 14.8 Å². The van der Waals surface area contributed by atoms with Gasteiger partial charge in [-0.15, -0.1) is 0 Å². The normalized spacial score (nSPS) is 18.8. The van der Waals surface area contributed by atoms with Crippen LogP contribution in [0.15, 0.2) is 46.9 Å². The minimum Gasteiger partial charge on any atom is -0.497 e. The Balaban J connectivity index is 1.90. The number of nitrogens with one attached hydrogen (secondary N) is 1. The van der Waals surface area contributed by atoms with Crippen LogP contribution in [0.5, 0.6) is 11.5 Å². The van der Waals surface area contributed by atoms with E-state index in [1.165, 1.54) is 20.3 Å². The van der Waals surface area contributed by atoms with Crippen molar-refractivity contribution >= 4 is 33.7 Å². The minimum atomic E-state index is -1.27. The van der Waals surface area contributed by atoms with Gasteiger partial charge in [0.05, 0.1) is 26.3 Å². The fourth-order valence-corrected chi connectivity index (χ4v) is 3.83. The van der Waals surface area contributed by atoms with Crippen LogP contribution in [-0.4, -0.2) is 43.4 Å². The smallest absolute Gasteiger partial charge is 0.325 e. The number of urea groups is 1. The van der Waals surface area contributed by atoms with Crippen molar-refractivity contribution in [3.8, 4) is 11.5 Å². The summed E-state index contributed by atoms with van der Waals surface area (Å²) in [6, 6.07) is 11.3. The van der Waals surface area contributed by atoms with E-state index in [1.807, 2.05) is 6.07 Å². The molecule has 0 bridgehead atoms. The van der Waals surface area contributed by atoms with Crippen LogP contribution in [0.4, 0.5) is 4.79 Å². The van der Waals surface area contributed by atoms with Crippen molar-refractivity contribution in [1.29, 1.82) is 0 Å². The molecule has 3 amide bonds. The van der Waals surface area contributed by atoms with E-state index < -0.39 is 29.8 Å². The zero-order valence-electron chi connectivity index (χ0n) is 15.6. The topological polar surface area (TPSA) is 84.9 Å². The average Bonchev–Trinajstić information content (AvgIpc) is 2.91. The highest BCUT2D eigenvalue weighted by Gasteiger charge is 2.50. The molecule has 0 radical (unpaired) electrons. The summed E-state index contributed by atoms with van der Waals surface area (Å²) in [6.07, 6.45) is 0. The zero-order chi connectivity index (χ0) is 20.5. The molecule has 0 aliphatic carbocycles. The van der Waals surface area contributed by atoms with Crippen molar-refractivity contribution in [3.05, 3.63) is 58.1 Å². The molecule has 1 atom stereocenters. The highest BCUT2D eigenvalue weighted by atomic mass is 79.9. The van der Waals surface area contributed by atoms with Crippen LogP contribution >= 0.6 is 15.9 Å². The zero-order valence-corrected chi connectivity index (χ0v) is 17.2. The first-order valence-electron chi connectivity index (χ1n) is 8.46. The summed E-state index contributed by atoms with van der Waals surface area (Å²) in [4.78, 5) is 39.3. The number of amides is 3. The third-order valence-corrected chi connectivity index (χ3v) is 5.39. The fraction of sp³-hybridized carbons (Fsp3) is 0.250. The molecule has 2 aromatic rings. The van der Waals surface area contributed by atoms with Crippen molar-refractivity contribution < 1.29 is 23.9 Å². The lowest BCUT2D eigenvalue weighted by Gasteiger charge is -2.23. The van der Waals surface area contributed by atoms with E-state index in [1.54, 1.807) is 37.3 Å². The van der Waals surface area contributed by atoms with Crippen molar-refractivity contribution in [2.24, 2.45) is 0 Å². The van der Waals surface area contributed by atoms with Crippen LogP contribution in [0, 0.1) is 0 Å². The number of methoxy groups -OCH3 is 2. The molecule has 1 N–H and O–H groups in total. The summed E-state index contributed by atoms with van der Waals surface area (Å²) in [5.41, 5.74) is -0.421. The van der Waals surface area contributed by atoms with Gasteiger partial charge in [-0.3, -0.25) is 14.5 Å². The van der Waals surface area contributed by atoms with Gasteiger partial charge in [-0.1, -0.05) is 34.1 Å². The molecular formula is C20H19BrN2O5. The van der Waals surface area contributed by atoms with E-state index in [2.05, 4.69) is 21.2 Å². The number of carbonyl (C=O) groups is 3. The predicted molar refractivity (Wildman–Crippen MR) is 106 cm³/mol. The summed E-state index contributed by atoms with van der Waals surface area (Å²) in [5.74, 6) is -0.124. The molecule has 7 nitrogen and oxygen atoms in total. The number of Topliss-reactive ketones (excluding diaryl/α,β-unsaturated/α-hetero) is 1. The molecule has 0 unspecified atom stereocenters. The van der Waals surface area contributed by atoms with Gasteiger partial charge in [0.1, 0.15) is 17.0 Å². The second-order valence-corrected chi connectivity index (χ2v) is 7.27. The Labute approximate surface area is 170 Å². The number of rotatable bonds is 6. The van der Waals surface area contributed by atoms with Gasteiger partial charge in [0, 0.05) is 10.0 Å². The standard InChI is InChI=1S/C20H19BrN2O5/c1-20(14-6-4-5-7-15(14)21)18(25)23(19(26)22-20)11-16(24)13-10-12(27-2)8-9-17(13)28-3/h4-10H,11H2,1-3H3,(H,22,26)/t20-/m1/s1. The monoisotopic (exact) mass is 446 g/mol. The first kappa shape index (κ1) is 19.9. The summed E-state index contributed by atoms with van der Waals surface area (Å²) in [7, 11) is 2.92. The fourth-order valence-electron chi connectivity index (χ4n) is 3.15. The average molecular weight is 447 g/mol. The Bertz CT molecular complexity index is 961. The van der Waals surface area contributed by atoms with E-state index in [0.29, 0.717) is 21.5 Å². The quantitative estimate of drug-likeness (QED) is 0.544. The molecule has 0 spiro atoms. The van der Waals surface area contributed by atoms with E-state index >= 15 is 0 Å². The maximum Gasteiger partial charge on any atom is 0.325 e. The number of imide groups is 1. The summed E-state index contributed by atoms with van der Waals surface area (Å²) in [6.45, 7) is 1.21. The molecule has 1 aliphatic rings. The van der Waals surface area contributed by atoms with Gasteiger partial charge in [0.15, 0.2) is 5.78 Å². The van der Waals surface area contributed by atoms with Gasteiger partial charge in [-0.25, -0.2) is 4.79 Å². The molecule has 1 aliphatic heterocycles. The summed E-state index contributed by atoms with van der Waals surface area (Å²) < 4.78 is 11.1. The van der Waals surface area contributed by atoms with Crippen LogP contribution in [0.25, 0.3) is 0 Å². The molecule has 0 saturated carbocycles. The predicted octanol–water partition coefficient (Wildman–Crippen LogP) is 3.12. The molecule has 8 heteroatoms. The van der Waals surface area contributed by atoms with E-state index in [4.69, 9.17) is 9.47 Å². The lowest BCUT2D eigenvalue weighted by atomic mass is 9.92. The SMILES string of the molecule is COc1ccc(OC)c(C(=O)CN2C(=O)N[C@](C)(c3ccccc3Br)C2=O)c1. The Kier molecular flexibility index (Phi) is 5.42. The van der Waals surface area contributed by atoms with Gasteiger partial charge >= 0.3 is 6.03 Å². The van der Waals surface area contributed by atoms with Gasteiger partial charge in [0.2, 0.25) is 0 Å². The highest BCUT2D eigenvalue weighted by molar-refractivity contribution is 9.10. The third kappa shape index (κ3) is 3.35.